The third kappa shape index (κ3) is 4.75. The third-order valence-corrected chi connectivity index (χ3v) is 7.50. The maximum Gasteiger partial charge on any atom is 0.419 e. The molecule has 5 aromatic rings. The number of likely N-dealkylation sites (N-methyl/N-ethyl adjacent to an activating group) is 1. The molecule has 0 atom stereocenters. The van der Waals surface area contributed by atoms with Crippen molar-refractivity contribution in [2.45, 2.75) is 13.1 Å². The molecule has 0 radical (unpaired) electrons. The third-order valence-electron chi connectivity index (χ3n) is 7.50. The number of halogens is 3. The summed E-state index contributed by atoms with van der Waals surface area (Å²) in [6.45, 7) is 4.16. The molecule has 0 bridgehead atoms. The van der Waals surface area contributed by atoms with E-state index in [-0.39, 0.29) is 5.69 Å². The quantitative estimate of drug-likeness (QED) is 0.286. The van der Waals surface area contributed by atoms with Crippen molar-refractivity contribution in [1.29, 1.82) is 0 Å². The predicted octanol–water partition coefficient (Wildman–Crippen LogP) is 6.11. The molecule has 7 nitrogen and oxygen atoms in total. The van der Waals surface area contributed by atoms with Gasteiger partial charge in [-0.25, -0.2) is 9.97 Å². The number of carbonyl (C=O) groups excluding carboxylic acids is 1. The number of alkyl halides is 3. The van der Waals surface area contributed by atoms with Gasteiger partial charge in [-0.05, 0) is 61.0 Å². The number of hydrogen-bond acceptors (Lipinski definition) is 5. The van der Waals surface area contributed by atoms with Gasteiger partial charge in [-0.15, -0.1) is 0 Å². The van der Waals surface area contributed by atoms with Crippen LogP contribution in [0.25, 0.3) is 33.1 Å². The molecule has 204 valence electrons. The van der Waals surface area contributed by atoms with Crippen molar-refractivity contribution in [3.63, 3.8) is 0 Å². The van der Waals surface area contributed by atoms with Crippen LogP contribution in [-0.4, -0.2) is 59.0 Å². The summed E-state index contributed by atoms with van der Waals surface area (Å²) in [6, 6.07) is 15.5. The number of piperazine rings is 1. The van der Waals surface area contributed by atoms with Crippen LogP contribution in [0.1, 0.15) is 21.5 Å². The number of H-pyrrole nitrogens is 1. The van der Waals surface area contributed by atoms with Crippen LogP contribution in [0.4, 0.5) is 24.5 Å². The van der Waals surface area contributed by atoms with E-state index in [0.29, 0.717) is 31.9 Å². The van der Waals surface area contributed by atoms with E-state index in [1.807, 2.05) is 38.2 Å². The summed E-state index contributed by atoms with van der Waals surface area (Å²) in [5.41, 5.74) is 3.47. The second-order valence-corrected chi connectivity index (χ2v) is 10.1. The zero-order chi connectivity index (χ0) is 28.0. The highest BCUT2D eigenvalue weighted by molar-refractivity contribution is 6.08. The summed E-state index contributed by atoms with van der Waals surface area (Å²) in [5, 5.41) is 4.62. The minimum absolute atomic E-state index is 0.0363. The molecule has 0 unspecified atom stereocenters. The molecule has 1 fully saturated rings. The van der Waals surface area contributed by atoms with Crippen molar-refractivity contribution in [2.24, 2.45) is 0 Å². The van der Waals surface area contributed by atoms with Gasteiger partial charge in [-0.1, -0.05) is 24.3 Å². The number of nitrogens with one attached hydrogen (secondary N) is 2. The van der Waals surface area contributed by atoms with Gasteiger partial charge in [0, 0.05) is 60.0 Å². The fourth-order valence-electron chi connectivity index (χ4n) is 5.35. The predicted molar refractivity (Wildman–Crippen MR) is 151 cm³/mol. The maximum absolute atomic E-state index is 14.4. The zero-order valence-electron chi connectivity index (χ0n) is 22.0. The topological polar surface area (TPSA) is 77.2 Å². The molecule has 1 saturated heterocycles. The van der Waals surface area contributed by atoms with Crippen LogP contribution >= 0.6 is 0 Å². The largest absolute Gasteiger partial charge is 0.419 e. The highest BCUT2D eigenvalue weighted by atomic mass is 19.4. The van der Waals surface area contributed by atoms with E-state index in [4.69, 9.17) is 0 Å². The highest BCUT2D eigenvalue weighted by Crippen LogP contribution is 2.40. The average Bonchev–Trinajstić information content (AvgIpc) is 3.31. The SMILES string of the molecule is Cc1ccc(NC(=O)c2cccc(N3CCN(C)CC3)c2C(F)(F)F)cc1-c1ccc2c(c1)[nH]c1ncncc12. The smallest absolute Gasteiger partial charge is 0.368 e. The molecule has 10 heteroatoms. The molecule has 0 aliphatic carbocycles. The normalized spacial score (nSPS) is 14.7. The summed E-state index contributed by atoms with van der Waals surface area (Å²) in [6.07, 6.45) is -1.44. The molecular weight excluding hydrogens is 517 g/mol. The van der Waals surface area contributed by atoms with Crippen LogP contribution in [-0.2, 0) is 6.18 Å². The second-order valence-electron chi connectivity index (χ2n) is 10.1. The first-order valence-corrected chi connectivity index (χ1v) is 13.0. The lowest BCUT2D eigenvalue weighted by Gasteiger charge is -2.35. The maximum atomic E-state index is 14.4. The van der Waals surface area contributed by atoms with E-state index in [2.05, 4.69) is 25.2 Å². The Morgan fingerprint density at radius 2 is 1.80 bits per heavy atom. The van der Waals surface area contributed by atoms with Crippen LogP contribution in [0.5, 0.6) is 0 Å². The van der Waals surface area contributed by atoms with E-state index < -0.39 is 23.2 Å². The monoisotopic (exact) mass is 544 g/mol. The van der Waals surface area contributed by atoms with E-state index >= 15 is 0 Å². The Morgan fingerprint density at radius 3 is 2.58 bits per heavy atom. The Labute approximate surface area is 228 Å². The second kappa shape index (κ2) is 9.95. The van der Waals surface area contributed by atoms with Gasteiger partial charge in [0.15, 0.2) is 0 Å². The molecule has 1 amide bonds. The van der Waals surface area contributed by atoms with Crippen molar-refractivity contribution in [2.75, 3.05) is 43.4 Å². The van der Waals surface area contributed by atoms with Crippen LogP contribution < -0.4 is 10.2 Å². The van der Waals surface area contributed by atoms with E-state index in [1.54, 1.807) is 23.2 Å². The lowest BCUT2D eigenvalue weighted by Crippen LogP contribution is -2.45. The summed E-state index contributed by atoms with van der Waals surface area (Å²) in [4.78, 5) is 28.8. The lowest BCUT2D eigenvalue weighted by atomic mass is 9.98. The Kier molecular flexibility index (Phi) is 6.42. The number of carbonyl (C=O) groups is 1. The van der Waals surface area contributed by atoms with Gasteiger partial charge < -0.3 is 20.1 Å². The molecule has 2 aromatic heterocycles. The molecule has 40 heavy (non-hydrogen) atoms. The van der Waals surface area contributed by atoms with Gasteiger partial charge in [-0.2, -0.15) is 13.2 Å². The molecule has 1 aliphatic rings. The van der Waals surface area contributed by atoms with Crippen molar-refractivity contribution < 1.29 is 18.0 Å². The zero-order valence-corrected chi connectivity index (χ0v) is 22.0. The van der Waals surface area contributed by atoms with Gasteiger partial charge >= 0.3 is 6.18 Å². The van der Waals surface area contributed by atoms with E-state index in [9.17, 15) is 18.0 Å². The first-order chi connectivity index (χ1) is 19.2. The van der Waals surface area contributed by atoms with Gasteiger partial charge in [0.25, 0.3) is 5.91 Å². The first kappa shape index (κ1) is 25.8. The number of benzene rings is 3. The first-order valence-electron chi connectivity index (χ1n) is 13.0. The molecule has 6 rings (SSSR count). The number of aromatic nitrogens is 3. The lowest BCUT2D eigenvalue weighted by molar-refractivity contribution is -0.137. The van der Waals surface area contributed by atoms with Crippen molar-refractivity contribution in [1.82, 2.24) is 19.9 Å². The number of anilines is 2. The van der Waals surface area contributed by atoms with E-state index in [1.165, 1.54) is 24.5 Å². The van der Waals surface area contributed by atoms with Crippen LogP contribution in [0.15, 0.2) is 67.1 Å². The van der Waals surface area contributed by atoms with Crippen LogP contribution in [0.3, 0.4) is 0 Å². The number of aryl methyl sites for hydroxylation is 1. The molecule has 2 N–H and O–H groups in total. The standard InChI is InChI=1S/C30H27F3N6O/c1-18-6-8-20(15-23(18)19-7-9-21-24-16-34-17-35-28(24)37-25(21)14-19)36-29(40)22-4-3-5-26(27(22)30(31,32)33)39-12-10-38(2)11-13-39/h3-9,14-17H,10-13H2,1-2H3,(H,36,40)(H,34,35,37). The fraction of sp³-hybridized carbons (Fsp3) is 0.233. The van der Waals surface area contributed by atoms with Gasteiger partial charge in [-0.3, -0.25) is 4.79 Å². The fourth-order valence-corrected chi connectivity index (χ4v) is 5.35. The number of rotatable bonds is 4. The Balaban J connectivity index is 1.33. The van der Waals surface area contributed by atoms with Crippen molar-refractivity contribution in [3.05, 3.63) is 83.8 Å². The van der Waals surface area contributed by atoms with Crippen molar-refractivity contribution in [3.8, 4) is 11.1 Å². The van der Waals surface area contributed by atoms with E-state index in [0.717, 1.165) is 38.6 Å². The summed E-state index contributed by atoms with van der Waals surface area (Å²) < 4.78 is 43.1. The van der Waals surface area contributed by atoms with Gasteiger partial charge in [0.05, 0.1) is 11.1 Å². The molecular formula is C30H27F3N6O. The van der Waals surface area contributed by atoms with Gasteiger partial charge in [0.1, 0.15) is 12.0 Å². The number of aromatic amines is 1. The summed E-state index contributed by atoms with van der Waals surface area (Å²) in [7, 11) is 1.94. The Morgan fingerprint density at radius 1 is 1.00 bits per heavy atom. The van der Waals surface area contributed by atoms with Gasteiger partial charge in [0.2, 0.25) is 0 Å². The van der Waals surface area contributed by atoms with Crippen molar-refractivity contribution >= 4 is 39.2 Å². The molecule has 3 aromatic carbocycles. The minimum Gasteiger partial charge on any atom is -0.368 e. The molecule has 0 spiro atoms. The number of nitrogens with zero attached hydrogens (tertiary/aromatic N) is 4. The summed E-state index contributed by atoms with van der Waals surface area (Å²) in [5.74, 6) is -0.803. The number of amides is 1. The minimum atomic E-state index is -4.69. The van der Waals surface area contributed by atoms with Crippen LogP contribution in [0, 0.1) is 6.92 Å². The highest BCUT2D eigenvalue weighted by Gasteiger charge is 2.39. The Hall–Kier alpha value is -4.44. The summed E-state index contributed by atoms with van der Waals surface area (Å²) >= 11 is 0. The van der Waals surface area contributed by atoms with Crippen LogP contribution in [0.2, 0.25) is 0 Å². The molecule has 1 aliphatic heterocycles. The number of fused-ring (bicyclic) bond motifs is 3. The average molecular weight is 545 g/mol. The molecule has 3 heterocycles. The number of hydrogen-bond donors (Lipinski definition) is 2. The molecule has 0 saturated carbocycles. The Bertz CT molecular complexity index is 1740.